The van der Waals surface area contributed by atoms with Crippen molar-refractivity contribution in [2.45, 2.75) is 39.0 Å². The molecule has 0 unspecified atom stereocenters. The second kappa shape index (κ2) is 8.66. The van der Waals surface area contributed by atoms with Crippen molar-refractivity contribution in [2.24, 2.45) is 0 Å². The summed E-state index contributed by atoms with van der Waals surface area (Å²) in [4.78, 5) is 19.7. The van der Waals surface area contributed by atoms with Crippen molar-refractivity contribution in [2.75, 3.05) is 7.11 Å². The number of aromatic nitrogens is 1. The van der Waals surface area contributed by atoms with Crippen molar-refractivity contribution in [1.29, 1.82) is 0 Å². The minimum Gasteiger partial charge on any atom is -0.497 e. The molecule has 0 atom stereocenters. The molecule has 1 amide bonds. The van der Waals surface area contributed by atoms with Crippen molar-refractivity contribution >= 4 is 17.2 Å². The summed E-state index contributed by atoms with van der Waals surface area (Å²) in [5.41, 5.74) is 2.72. The fraction of sp³-hybridized carbons (Fsp3) is 0.304. The molecular formula is C23H24N2O3S. The number of nitrogens with zero attached hydrogens (tertiary/aromatic N) is 2. The van der Waals surface area contributed by atoms with E-state index in [0.29, 0.717) is 30.5 Å². The van der Waals surface area contributed by atoms with Gasteiger partial charge in [-0.3, -0.25) is 4.79 Å². The Kier molecular flexibility index (Phi) is 5.81. The highest BCUT2D eigenvalue weighted by Crippen LogP contribution is 2.30. The second-order valence-electron chi connectivity index (χ2n) is 7.23. The molecule has 0 saturated heterocycles. The maximum atomic E-state index is 13.1. The van der Waals surface area contributed by atoms with E-state index in [1.165, 1.54) is 5.56 Å². The van der Waals surface area contributed by atoms with Crippen LogP contribution in [0.4, 0.5) is 0 Å². The summed E-state index contributed by atoms with van der Waals surface area (Å²) in [5, 5.41) is 2.93. The van der Waals surface area contributed by atoms with E-state index >= 15 is 0 Å². The predicted molar refractivity (Wildman–Crippen MR) is 114 cm³/mol. The number of hydrogen-bond donors (Lipinski definition) is 0. The molecule has 150 valence electrons. The second-order valence-corrected chi connectivity index (χ2v) is 8.18. The smallest absolute Gasteiger partial charge is 0.254 e. The third-order valence-corrected chi connectivity index (χ3v) is 5.72. The van der Waals surface area contributed by atoms with E-state index in [1.54, 1.807) is 24.5 Å². The topological polar surface area (TPSA) is 51.7 Å². The van der Waals surface area contributed by atoms with Crippen LogP contribution in [0.15, 0.2) is 53.9 Å². The van der Waals surface area contributed by atoms with E-state index in [-0.39, 0.29) is 5.91 Å². The van der Waals surface area contributed by atoms with Crippen LogP contribution in [0.2, 0.25) is 0 Å². The molecule has 0 radical (unpaired) electrons. The number of ether oxygens (including phenoxy) is 2. The number of carbonyl (C=O) groups excluding carboxylic acids is 1. The number of rotatable bonds is 8. The third-order valence-electron chi connectivity index (χ3n) is 4.85. The third kappa shape index (κ3) is 4.95. The molecule has 0 bridgehead atoms. The van der Waals surface area contributed by atoms with E-state index < -0.39 is 0 Å². The van der Waals surface area contributed by atoms with Gasteiger partial charge in [-0.05, 0) is 55.7 Å². The van der Waals surface area contributed by atoms with Crippen LogP contribution in [0.5, 0.6) is 11.5 Å². The lowest BCUT2D eigenvalue weighted by molar-refractivity contribution is 0.0727. The Morgan fingerprint density at radius 1 is 1.17 bits per heavy atom. The summed E-state index contributed by atoms with van der Waals surface area (Å²) in [7, 11) is 1.61. The average Bonchev–Trinajstić information content (AvgIpc) is 3.49. The molecule has 5 nitrogen and oxygen atoms in total. The highest BCUT2D eigenvalue weighted by Gasteiger charge is 2.33. The molecule has 1 heterocycles. The van der Waals surface area contributed by atoms with Crippen LogP contribution >= 0.6 is 11.3 Å². The molecule has 1 aliphatic rings. The van der Waals surface area contributed by atoms with Gasteiger partial charge in [0.1, 0.15) is 23.1 Å². The first-order chi connectivity index (χ1) is 14.1. The van der Waals surface area contributed by atoms with Crippen LogP contribution in [-0.2, 0) is 13.2 Å². The monoisotopic (exact) mass is 408 g/mol. The average molecular weight is 409 g/mol. The maximum absolute atomic E-state index is 13.1. The van der Waals surface area contributed by atoms with Gasteiger partial charge in [0.05, 0.1) is 19.3 Å². The van der Waals surface area contributed by atoms with Gasteiger partial charge in [-0.25, -0.2) is 4.98 Å². The van der Waals surface area contributed by atoms with Gasteiger partial charge in [-0.15, -0.1) is 11.3 Å². The van der Waals surface area contributed by atoms with Gasteiger partial charge in [-0.2, -0.15) is 0 Å². The zero-order valence-electron chi connectivity index (χ0n) is 16.6. The number of aryl methyl sites for hydroxylation is 1. The van der Waals surface area contributed by atoms with Crippen LogP contribution < -0.4 is 9.47 Å². The fourth-order valence-corrected chi connectivity index (χ4v) is 3.88. The summed E-state index contributed by atoms with van der Waals surface area (Å²) in [6, 6.07) is 15.6. The summed E-state index contributed by atoms with van der Waals surface area (Å²) < 4.78 is 11.1. The lowest BCUT2D eigenvalue weighted by Gasteiger charge is -2.21. The lowest BCUT2D eigenvalue weighted by atomic mass is 10.2. The molecular weight excluding hydrogens is 384 g/mol. The Morgan fingerprint density at radius 3 is 2.72 bits per heavy atom. The zero-order chi connectivity index (χ0) is 20.2. The number of carbonyl (C=O) groups is 1. The first-order valence-corrected chi connectivity index (χ1v) is 10.6. The van der Waals surface area contributed by atoms with Gasteiger partial charge in [0.25, 0.3) is 5.91 Å². The quantitative estimate of drug-likeness (QED) is 0.535. The van der Waals surface area contributed by atoms with Crippen molar-refractivity contribution in [3.05, 3.63) is 75.7 Å². The van der Waals surface area contributed by atoms with E-state index in [9.17, 15) is 4.79 Å². The van der Waals surface area contributed by atoms with Crippen molar-refractivity contribution in [3.8, 4) is 11.5 Å². The summed E-state index contributed by atoms with van der Waals surface area (Å²) in [5.74, 6) is 1.56. The standard InChI is InChI=1S/C23H24N2O3S/c1-16-5-3-8-21(11-16)28-14-22-24-18(15-29-22)13-25(19-9-10-19)23(26)17-6-4-7-20(12-17)27-2/h3-8,11-12,15,19H,9-10,13-14H2,1-2H3. The number of amides is 1. The molecule has 1 aromatic heterocycles. The van der Waals surface area contributed by atoms with Gasteiger partial charge in [-0.1, -0.05) is 18.2 Å². The van der Waals surface area contributed by atoms with Crippen LogP contribution in [0.1, 0.15) is 39.5 Å². The molecule has 3 aromatic rings. The maximum Gasteiger partial charge on any atom is 0.254 e. The van der Waals surface area contributed by atoms with Gasteiger partial charge >= 0.3 is 0 Å². The summed E-state index contributed by atoms with van der Waals surface area (Å²) >= 11 is 1.57. The molecule has 0 aliphatic heterocycles. The van der Waals surface area contributed by atoms with Crippen molar-refractivity contribution in [1.82, 2.24) is 9.88 Å². The highest BCUT2D eigenvalue weighted by molar-refractivity contribution is 7.09. The Morgan fingerprint density at radius 2 is 1.97 bits per heavy atom. The number of benzene rings is 2. The Bertz CT molecular complexity index is 997. The molecule has 1 fully saturated rings. The molecule has 0 N–H and O–H groups in total. The predicted octanol–water partition coefficient (Wildman–Crippen LogP) is 4.84. The highest BCUT2D eigenvalue weighted by atomic mass is 32.1. The van der Waals surface area contributed by atoms with E-state index in [4.69, 9.17) is 9.47 Å². The molecule has 2 aromatic carbocycles. The first-order valence-electron chi connectivity index (χ1n) is 9.70. The fourth-order valence-electron chi connectivity index (χ4n) is 3.19. The summed E-state index contributed by atoms with van der Waals surface area (Å²) in [6.45, 7) is 2.99. The Labute approximate surface area is 174 Å². The van der Waals surface area contributed by atoms with Crippen LogP contribution in [0, 0.1) is 6.92 Å². The SMILES string of the molecule is COc1cccc(C(=O)N(Cc2csc(COc3cccc(C)c3)n2)C2CC2)c1. The number of thiazole rings is 1. The van der Waals surface area contributed by atoms with Gasteiger partial charge < -0.3 is 14.4 Å². The van der Waals surface area contributed by atoms with E-state index in [2.05, 4.69) is 4.98 Å². The Hall–Kier alpha value is -2.86. The zero-order valence-corrected chi connectivity index (χ0v) is 17.4. The van der Waals surface area contributed by atoms with Crippen molar-refractivity contribution in [3.63, 3.8) is 0 Å². The molecule has 4 rings (SSSR count). The lowest BCUT2D eigenvalue weighted by Crippen LogP contribution is -2.32. The van der Waals surface area contributed by atoms with Gasteiger partial charge in [0.15, 0.2) is 0 Å². The van der Waals surface area contributed by atoms with Crippen LogP contribution in [-0.4, -0.2) is 28.9 Å². The van der Waals surface area contributed by atoms with Gasteiger partial charge in [0, 0.05) is 17.0 Å². The van der Waals surface area contributed by atoms with Crippen molar-refractivity contribution < 1.29 is 14.3 Å². The summed E-state index contributed by atoms with van der Waals surface area (Å²) in [6.07, 6.45) is 2.09. The Balaban J connectivity index is 1.42. The number of hydrogen-bond acceptors (Lipinski definition) is 5. The minimum absolute atomic E-state index is 0.0250. The van der Waals surface area contributed by atoms with Crippen LogP contribution in [0.3, 0.4) is 0 Å². The molecule has 0 spiro atoms. The molecule has 29 heavy (non-hydrogen) atoms. The van der Waals surface area contributed by atoms with E-state index in [0.717, 1.165) is 29.3 Å². The first kappa shape index (κ1) is 19.5. The normalized spacial score (nSPS) is 13.2. The minimum atomic E-state index is 0.0250. The molecule has 1 saturated carbocycles. The van der Waals surface area contributed by atoms with E-state index in [1.807, 2.05) is 59.7 Å². The molecule has 6 heteroatoms. The van der Waals surface area contributed by atoms with Crippen LogP contribution in [0.25, 0.3) is 0 Å². The molecule has 1 aliphatic carbocycles. The number of methoxy groups -OCH3 is 1. The van der Waals surface area contributed by atoms with Gasteiger partial charge in [0.2, 0.25) is 0 Å². The largest absolute Gasteiger partial charge is 0.497 e.